The van der Waals surface area contributed by atoms with Crippen LogP contribution in [-0.2, 0) is 0 Å². The Morgan fingerprint density at radius 2 is 1.94 bits per heavy atom. The molecule has 0 aromatic heterocycles. The van der Waals surface area contributed by atoms with Crippen molar-refractivity contribution in [3.05, 3.63) is 23.8 Å². The first kappa shape index (κ1) is 14.3. The van der Waals surface area contributed by atoms with Crippen molar-refractivity contribution in [2.45, 2.75) is 27.4 Å². The van der Waals surface area contributed by atoms with Crippen LogP contribution in [0, 0.1) is 5.41 Å². The van der Waals surface area contributed by atoms with E-state index in [2.05, 4.69) is 4.74 Å². The van der Waals surface area contributed by atoms with Gasteiger partial charge in [0.25, 0.3) is 0 Å². The fourth-order valence-electron chi connectivity index (χ4n) is 1.04. The number of benzene rings is 1. The van der Waals surface area contributed by atoms with E-state index in [4.69, 9.17) is 11.1 Å². The molecule has 0 radical (unpaired) electrons. The highest BCUT2D eigenvalue weighted by Crippen LogP contribution is 2.21. The fourth-order valence-corrected chi connectivity index (χ4v) is 1.04. The minimum Gasteiger partial charge on any atom is -0.435 e. The van der Waals surface area contributed by atoms with Crippen LogP contribution >= 0.6 is 0 Å². The predicted molar refractivity (Wildman–Crippen MR) is 61.3 cm³/mol. The third-order valence-electron chi connectivity index (χ3n) is 1.65. The molecule has 0 heterocycles. The molecule has 3 nitrogen and oxygen atoms in total. The first-order valence-corrected chi connectivity index (χ1v) is 4.90. The highest BCUT2D eigenvalue weighted by Gasteiger charge is 2.07. The standard InChI is InChI=1S/C9H10F2N2O.C2H6/c1-5(12)7-4-6(14-9(10)11)2-3-8(7)13;1-2/h2-4,9,12H,13H2,1H3;1-2H3. The summed E-state index contributed by atoms with van der Waals surface area (Å²) in [6.45, 7) is 2.66. The van der Waals surface area contributed by atoms with Crippen molar-refractivity contribution in [1.82, 2.24) is 0 Å². The lowest BCUT2D eigenvalue weighted by molar-refractivity contribution is -0.0498. The smallest absolute Gasteiger partial charge is 0.387 e. The summed E-state index contributed by atoms with van der Waals surface area (Å²) in [6.07, 6.45) is 0. The monoisotopic (exact) mass is 230 g/mol. The first-order chi connectivity index (χ1) is 7.50. The molecule has 0 saturated heterocycles. The van der Waals surface area contributed by atoms with Gasteiger partial charge in [-0.2, -0.15) is 8.78 Å². The van der Waals surface area contributed by atoms with Crippen molar-refractivity contribution < 1.29 is 13.5 Å². The molecule has 0 aliphatic carbocycles. The number of ether oxygens (including phenoxy) is 1. The van der Waals surface area contributed by atoms with Gasteiger partial charge < -0.3 is 15.9 Å². The molecule has 3 N–H and O–H groups in total. The molecule has 0 aliphatic heterocycles. The van der Waals surface area contributed by atoms with E-state index in [1.165, 1.54) is 25.1 Å². The Labute approximate surface area is 93.7 Å². The third kappa shape index (κ3) is 4.25. The molecule has 5 heteroatoms. The Hall–Kier alpha value is -1.65. The minimum absolute atomic E-state index is 0.0100. The van der Waals surface area contributed by atoms with Gasteiger partial charge >= 0.3 is 6.61 Å². The normalized spacial score (nSPS) is 9.38. The van der Waals surface area contributed by atoms with E-state index in [0.717, 1.165) is 0 Å². The molecule has 0 saturated carbocycles. The SMILES string of the molecule is CC.CC(=N)c1cc(OC(F)F)ccc1N. The van der Waals surface area contributed by atoms with E-state index in [1.54, 1.807) is 0 Å². The summed E-state index contributed by atoms with van der Waals surface area (Å²) in [5.41, 5.74) is 6.53. The van der Waals surface area contributed by atoms with Crippen LogP contribution in [0.3, 0.4) is 0 Å². The van der Waals surface area contributed by atoms with E-state index < -0.39 is 6.61 Å². The molecule has 0 spiro atoms. The van der Waals surface area contributed by atoms with Crippen molar-refractivity contribution in [1.29, 1.82) is 5.41 Å². The lowest BCUT2D eigenvalue weighted by Gasteiger charge is -2.08. The average Bonchev–Trinajstić information content (AvgIpc) is 2.23. The molecule has 1 aromatic carbocycles. The van der Waals surface area contributed by atoms with E-state index in [-0.39, 0.29) is 11.5 Å². The van der Waals surface area contributed by atoms with Crippen LogP contribution in [0.15, 0.2) is 18.2 Å². The number of alkyl halides is 2. The van der Waals surface area contributed by atoms with E-state index in [9.17, 15) is 8.78 Å². The second-order valence-electron chi connectivity index (χ2n) is 2.75. The molecular formula is C11H16F2N2O. The summed E-state index contributed by atoms with van der Waals surface area (Å²) in [6, 6.07) is 4.10. The molecule has 0 aliphatic rings. The van der Waals surface area contributed by atoms with Crippen molar-refractivity contribution in [2.75, 3.05) is 5.73 Å². The van der Waals surface area contributed by atoms with Gasteiger partial charge in [-0.05, 0) is 25.1 Å². The maximum absolute atomic E-state index is 11.8. The Bertz CT molecular complexity index is 354. The van der Waals surface area contributed by atoms with Crippen molar-refractivity contribution in [2.24, 2.45) is 0 Å². The number of rotatable bonds is 3. The minimum atomic E-state index is -2.86. The summed E-state index contributed by atoms with van der Waals surface area (Å²) in [7, 11) is 0. The Morgan fingerprint density at radius 3 is 2.38 bits per heavy atom. The Morgan fingerprint density at radius 1 is 1.38 bits per heavy atom. The molecule has 0 amide bonds. The lowest BCUT2D eigenvalue weighted by atomic mass is 10.1. The molecule has 90 valence electrons. The fraction of sp³-hybridized carbons (Fsp3) is 0.364. The second kappa shape index (κ2) is 6.76. The third-order valence-corrected chi connectivity index (χ3v) is 1.65. The highest BCUT2D eigenvalue weighted by atomic mass is 19.3. The van der Waals surface area contributed by atoms with Crippen LogP contribution in [0.5, 0.6) is 5.75 Å². The van der Waals surface area contributed by atoms with E-state index in [0.29, 0.717) is 11.3 Å². The molecule has 16 heavy (non-hydrogen) atoms. The van der Waals surface area contributed by atoms with E-state index >= 15 is 0 Å². The zero-order valence-corrected chi connectivity index (χ0v) is 9.55. The van der Waals surface area contributed by atoms with Gasteiger partial charge in [0.2, 0.25) is 0 Å². The number of nitrogens with one attached hydrogen (secondary N) is 1. The van der Waals surface area contributed by atoms with Gasteiger partial charge in [-0.3, -0.25) is 0 Å². The van der Waals surface area contributed by atoms with Crippen molar-refractivity contribution in [3.63, 3.8) is 0 Å². The Balaban J connectivity index is 0.00000106. The zero-order chi connectivity index (χ0) is 12.7. The molecule has 1 aromatic rings. The number of hydrogen-bond donors (Lipinski definition) is 2. The number of anilines is 1. The first-order valence-electron chi connectivity index (χ1n) is 4.90. The quantitative estimate of drug-likeness (QED) is 0.618. The number of nitrogen functional groups attached to an aromatic ring is 1. The van der Waals surface area contributed by atoms with Crippen molar-refractivity contribution >= 4 is 11.4 Å². The zero-order valence-electron chi connectivity index (χ0n) is 9.55. The predicted octanol–water partition coefficient (Wildman–Crippen LogP) is 3.28. The van der Waals surface area contributed by atoms with E-state index in [1.807, 2.05) is 13.8 Å². The second-order valence-corrected chi connectivity index (χ2v) is 2.75. The van der Waals surface area contributed by atoms with Gasteiger partial charge in [0.1, 0.15) is 5.75 Å². The summed E-state index contributed by atoms with van der Waals surface area (Å²) in [5, 5.41) is 7.33. The van der Waals surface area contributed by atoms with Crippen LogP contribution in [0.4, 0.5) is 14.5 Å². The van der Waals surface area contributed by atoms with Crippen LogP contribution in [0.2, 0.25) is 0 Å². The molecule has 0 atom stereocenters. The topological polar surface area (TPSA) is 59.1 Å². The summed E-state index contributed by atoms with van der Waals surface area (Å²) in [4.78, 5) is 0. The van der Waals surface area contributed by atoms with Crippen LogP contribution < -0.4 is 10.5 Å². The van der Waals surface area contributed by atoms with Gasteiger partial charge in [0.05, 0.1) is 0 Å². The van der Waals surface area contributed by atoms with Crippen LogP contribution in [0.25, 0.3) is 0 Å². The largest absolute Gasteiger partial charge is 0.435 e. The maximum Gasteiger partial charge on any atom is 0.387 e. The number of nitrogens with two attached hydrogens (primary N) is 1. The number of hydrogen-bond acceptors (Lipinski definition) is 3. The summed E-state index contributed by atoms with van der Waals surface area (Å²) in [5.74, 6) is 0.0100. The van der Waals surface area contributed by atoms with Crippen molar-refractivity contribution in [3.8, 4) is 5.75 Å². The van der Waals surface area contributed by atoms with Gasteiger partial charge in [-0.15, -0.1) is 0 Å². The maximum atomic E-state index is 11.8. The van der Waals surface area contributed by atoms with Gasteiger partial charge in [0.15, 0.2) is 0 Å². The van der Waals surface area contributed by atoms with Crippen LogP contribution in [-0.4, -0.2) is 12.3 Å². The summed E-state index contributed by atoms with van der Waals surface area (Å²) >= 11 is 0. The lowest BCUT2D eigenvalue weighted by Crippen LogP contribution is -2.05. The molecular weight excluding hydrogens is 214 g/mol. The molecule has 0 bridgehead atoms. The van der Waals surface area contributed by atoms with Crippen LogP contribution in [0.1, 0.15) is 26.3 Å². The van der Waals surface area contributed by atoms with Gasteiger partial charge in [-0.25, -0.2) is 0 Å². The highest BCUT2D eigenvalue weighted by molar-refractivity contribution is 6.01. The summed E-state index contributed by atoms with van der Waals surface area (Å²) < 4.78 is 27.9. The van der Waals surface area contributed by atoms with Gasteiger partial charge in [-0.1, -0.05) is 13.8 Å². The number of halogens is 2. The molecule has 1 rings (SSSR count). The Kier molecular flexibility index (Phi) is 6.07. The van der Waals surface area contributed by atoms with Gasteiger partial charge in [0, 0.05) is 17.0 Å². The molecule has 0 unspecified atom stereocenters. The average molecular weight is 230 g/mol. The molecule has 0 fully saturated rings.